The highest BCUT2D eigenvalue weighted by atomic mass is 35.5. The molecule has 0 unspecified atom stereocenters. The van der Waals surface area contributed by atoms with Crippen molar-refractivity contribution in [1.82, 2.24) is 19.3 Å². The zero-order chi connectivity index (χ0) is 25.6. The van der Waals surface area contributed by atoms with Crippen LogP contribution in [0.1, 0.15) is 68.0 Å². The van der Waals surface area contributed by atoms with E-state index in [9.17, 15) is 4.79 Å². The summed E-state index contributed by atoms with van der Waals surface area (Å²) in [6.45, 7) is 11.9. The maximum absolute atomic E-state index is 15.5. The monoisotopic (exact) mass is 503 g/mol. The summed E-state index contributed by atoms with van der Waals surface area (Å²) in [5, 5.41) is -0.153. The van der Waals surface area contributed by atoms with Crippen molar-refractivity contribution >= 4 is 28.8 Å². The molecule has 0 saturated carbocycles. The molecule has 3 atom stereocenters. The standard InChI is InChI=1S/C25H31ClFN5O3/c1-12(2)34-22-17(15(5)24-30-16(6)21-23(28)29-7-8-32(21)24)9-18(26)20(27)19(22)25(33)31-10-13(3)35-14(4)11-31/h7-9,12-15H,10-11H2,1-6H3,(H2,28,29)/t13-,14-,15-/m0/s1. The number of fused-ring (bicyclic) bond motifs is 1. The van der Waals surface area contributed by atoms with E-state index in [1.165, 1.54) is 6.07 Å². The van der Waals surface area contributed by atoms with Gasteiger partial charge in [-0.25, -0.2) is 14.4 Å². The first-order valence-electron chi connectivity index (χ1n) is 11.7. The maximum atomic E-state index is 15.5. The summed E-state index contributed by atoms with van der Waals surface area (Å²) in [6, 6.07) is 1.52. The molecule has 1 amide bonds. The lowest BCUT2D eigenvalue weighted by Gasteiger charge is -2.36. The normalized spacial score (nSPS) is 19.4. The molecule has 0 spiro atoms. The van der Waals surface area contributed by atoms with Crippen molar-refractivity contribution in [3.63, 3.8) is 0 Å². The fourth-order valence-corrected chi connectivity index (χ4v) is 4.93. The number of halogens is 2. The number of nitrogens with zero attached hydrogens (tertiary/aromatic N) is 4. The molecule has 2 aromatic heterocycles. The van der Waals surface area contributed by atoms with Gasteiger partial charge in [-0.15, -0.1) is 0 Å². The van der Waals surface area contributed by atoms with Crippen LogP contribution in [0.15, 0.2) is 18.5 Å². The number of amides is 1. The maximum Gasteiger partial charge on any atom is 0.260 e. The summed E-state index contributed by atoms with van der Waals surface area (Å²) in [7, 11) is 0. The third-order valence-corrected chi connectivity index (χ3v) is 6.39. The van der Waals surface area contributed by atoms with Gasteiger partial charge in [0.25, 0.3) is 5.91 Å². The third kappa shape index (κ3) is 4.67. The Morgan fingerprint density at radius 3 is 2.57 bits per heavy atom. The lowest BCUT2D eigenvalue weighted by Crippen LogP contribution is -2.48. The van der Waals surface area contributed by atoms with Gasteiger partial charge in [0.15, 0.2) is 5.82 Å². The number of ether oxygens (including phenoxy) is 2. The summed E-state index contributed by atoms with van der Waals surface area (Å²) in [4.78, 5) is 24.2. The molecule has 0 aliphatic carbocycles. The predicted molar refractivity (Wildman–Crippen MR) is 133 cm³/mol. The smallest absolute Gasteiger partial charge is 0.260 e. The molecule has 3 aromatic rings. The summed E-state index contributed by atoms with van der Waals surface area (Å²) in [6.07, 6.45) is 2.72. The molecule has 10 heteroatoms. The van der Waals surface area contributed by atoms with E-state index >= 15 is 4.39 Å². The van der Waals surface area contributed by atoms with Crippen LogP contribution in [-0.4, -0.2) is 56.6 Å². The van der Waals surface area contributed by atoms with Crippen LogP contribution in [0.2, 0.25) is 5.02 Å². The van der Waals surface area contributed by atoms with Crippen LogP contribution < -0.4 is 10.5 Å². The average Bonchev–Trinajstić information content (AvgIpc) is 3.12. The number of benzene rings is 1. The number of aryl methyl sites for hydroxylation is 1. The van der Waals surface area contributed by atoms with Crippen LogP contribution in [0.4, 0.5) is 10.2 Å². The van der Waals surface area contributed by atoms with E-state index in [1.54, 1.807) is 17.3 Å². The number of morpholine rings is 1. The summed E-state index contributed by atoms with van der Waals surface area (Å²) in [5.74, 6) is -0.504. The van der Waals surface area contributed by atoms with Gasteiger partial charge in [0.05, 0.1) is 29.0 Å². The first-order chi connectivity index (χ1) is 16.5. The molecule has 188 valence electrons. The Labute approximate surface area is 209 Å². The van der Waals surface area contributed by atoms with Crippen molar-refractivity contribution in [2.24, 2.45) is 0 Å². The fraction of sp³-hybridized carbons (Fsp3) is 0.480. The first-order valence-corrected chi connectivity index (χ1v) is 12.1. The Bertz CT molecular complexity index is 1270. The summed E-state index contributed by atoms with van der Waals surface area (Å²) in [5.41, 5.74) is 7.89. The minimum atomic E-state index is -0.798. The zero-order valence-corrected chi connectivity index (χ0v) is 21.6. The topological polar surface area (TPSA) is 95.0 Å². The van der Waals surface area contributed by atoms with Gasteiger partial charge >= 0.3 is 0 Å². The van der Waals surface area contributed by atoms with Gasteiger partial charge in [-0.3, -0.25) is 9.20 Å². The zero-order valence-electron chi connectivity index (χ0n) is 20.8. The SMILES string of the molecule is Cc1nc([C@@H](C)c2cc(Cl)c(F)c(C(=O)N3C[C@H](C)O[C@@H](C)C3)c2OC(C)C)n2ccnc(N)c12. The number of anilines is 1. The van der Waals surface area contributed by atoms with Crippen LogP contribution in [0.25, 0.3) is 5.52 Å². The molecule has 4 rings (SSSR count). The largest absolute Gasteiger partial charge is 0.490 e. The fourth-order valence-electron chi connectivity index (χ4n) is 4.72. The molecule has 3 heterocycles. The second-order valence-electron chi connectivity index (χ2n) is 9.41. The quantitative estimate of drug-likeness (QED) is 0.546. The van der Waals surface area contributed by atoms with E-state index in [0.717, 1.165) is 0 Å². The van der Waals surface area contributed by atoms with Crippen molar-refractivity contribution in [2.45, 2.75) is 65.8 Å². The third-order valence-electron chi connectivity index (χ3n) is 6.11. The van der Waals surface area contributed by atoms with E-state index in [1.807, 2.05) is 45.9 Å². The number of nitrogens with two attached hydrogens (primary N) is 1. The van der Waals surface area contributed by atoms with Crippen LogP contribution in [-0.2, 0) is 4.74 Å². The molecule has 1 fully saturated rings. The van der Waals surface area contributed by atoms with Crippen molar-refractivity contribution in [1.29, 1.82) is 0 Å². The minimum Gasteiger partial charge on any atom is -0.490 e. The van der Waals surface area contributed by atoms with Gasteiger partial charge in [0, 0.05) is 37.0 Å². The number of nitrogen functional groups attached to an aromatic ring is 1. The second kappa shape index (κ2) is 9.62. The summed E-state index contributed by atoms with van der Waals surface area (Å²) >= 11 is 6.36. The Morgan fingerprint density at radius 1 is 1.29 bits per heavy atom. The molecular weight excluding hydrogens is 473 g/mol. The molecule has 1 aromatic carbocycles. The molecule has 1 aliphatic rings. The van der Waals surface area contributed by atoms with Crippen molar-refractivity contribution < 1.29 is 18.7 Å². The Kier molecular flexibility index (Phi) is 6.92. The molecule has 35 heavy (non-hydrogen) atoms. The van der Waals surface area contributed by atoms with Gasteiger partial charge in [-0.05, 0) is 40.7 Å². The molecule has 1 aliphatic heterocycles. The van der Waals surface area contributed by atoms with Crippen LogP contribution in [0.5, 0.6) is 5.75 Å². The van der Waals surface area contributed by atoms with E-state index in [2.05, 4.69) is 4.98 Å². The second-order valence-corrected chi connectivity index (χ2v) is 9.82. The highest BCUT2D eigenvalue weighted by molar-refractivity contribution is 6.31. The lowest BCUT2D eigenvalue weighted by atomic mass is 9.95. The summed E-state index contributed by atoms with van der Waals surface area (Å²) < 4.78 is 29.2. The van der Waals surface area contributed by atoms with Crippen molar-refractivity contribution in [2.75, 3.05) is 18.8 Å². The van der Waals surface area contributed by atoms with E-state index in [0.29, 0.717) is 41.5 Å². The number of carbonyl (C=O) groups is 1. The van der Waals surface area contributed by atoms with Gasteiger partial charge in [-0.2, -0.15) is 0 Å². The number of carbonyl (C=O) groups excluding carboxylic acids is 1. The number of imidazole rings is 1. The Hall–Kier alpha value is -2.91. The molecule has 0 bridgehead atoms. The van der Waals surface area contributed by atoms with Crippen LogP contribution in [0.3, 0.4) is 0 Å². The number of hydrogen-bond donors (Lipinski definition) is 1. The van der Waals surface area contributed by atoms with Gasteiger partial charge in [-0.1, -0.05) is 18.5 Å². The molecule has 8 nitrogen and oxygen atoms in total. The first kappa shape index (κ1) is 25.2. The molecular formula is C25H31ClFN5O3. The van der Waals surface area contributed by atoms with E-state index in [4.69, 9.17) is 31.8 Å². The van der Waals surface area contributed by atoms with Crippen molar-refractivity contribution in [3.8, 4) is 5.75 Å². The Morgan fingerprint density at radius 2 is 1.94 bits per heavy atom. The van der Waals surface area contributed by atoms with Crippen LogP contribution in [0, 0.1) is 12.7 Å². The number of hydrogen-bond acceptors (Lipinski definition) is 6. The molecule has 0 radical (unpaired) electrons. The predicted octanol–water partition coefficient (Wildman–Crippen LogP) is 4.60. The van der Waals surface area contributed by atoms with Gasteiger partial charge < -0.3 is 20.1 Å². The highest BCUT2D eigenvalue weighted by Gasteiger charge is 2.34. The number of rotatable bonds is 5. The molecule has 2 N–H and O–H groups in total. The van der Waals surface area contributed by atoms with Crippen LogP contribution >= 0.6 is 11.6 Å². The van der Waals surface area contributed by atoms with E-state index in [-0.39, 0.29) is 34.6 Å². The lowest BCUT2D eigenvalue weighted by molar-refractivity contribution is -0.0588. The molecule has 1 saturated heterocycles. The Balaban J connectivity index is 1.89. The van der Waals surface area contributed by atoms with Gasteiger partial charge in [0.1, 0.15) is 28.5 Å². The highest BCUT2D eigenvalue weighted by Crippen LogP contribution is 2.40. The average molecular weight is 504 g/mol. The number of aromatic nitrogens is 3. The minimum absolute atomic E-state index is 0.153. The van der Waals surface area contributed by atoms with Crippen molar-refractivity contribution in [3.05, 3.63) is 51.9 Å². The van der Waals surface area contributed by atoms with Gasteiger partial charge in [0.2, 0.25) is 0 Å². The van der Waals surface area contributed by atoms with E-state index < -0.39 is 17.6 Å².